The van der Waals surface area contributed by atoms with Crippen LogP contribution in [0.3, 0.4) is 0 Å². The fourth-order valence-corrected chi connectivity index (χ4v) is 5.61. The van der Waals surface area contributed by atoms with E-state index in [4.69, 9.17) is 9.47 Å². The summed E-state index contributed by atoms with van der Waals surface area (Å²) in [6.07, 6.45) is 0.974. The summed E-state index contributed by atoms with van der Waals surface area (Å²) in [6.45, 7) is 2.37. The van der Waals surface area contributed by atoms with Gasteiger partial charge in [-0.25, -0.2) is 9.79 Å². The number of hydrogen-bond acceptors (Lipinski definition) is 8. The largest absolute Gasteiger partial charge is 0.496 e. The van der Waals surface area contributed by atoms with Crippen molar-refractivity contribution in [2.45, 2.75) is 25.8 Å². The third kappa shape index (κ3) is 4.84. The van der Waals surface area contributed by atoms with Gasteiger partial charge in [0.2, 0.25) is 5.91 Å². The number of benzene rings is 1. The van der Waals surface area contributed by atoms with E-state index in [2.05, 4.69) is 16.4 Å². The Morgan fingerprint density at radius 3 is 2.73 bits per heavy atom. The summed E-state index contributed by atoms with van der Waals surface area (Å²) in [6, 6.07) is 11.1. The van der Waals surface area contributed by atoms with Gasteiger partial charge in [-0.1, -0.05) is 36.0 Å². The summed E-state index contributed by atoms with van der Waals surface area (Å²) in [5.74, 6) is 0.113. The number of hydrogen-bond donors (Lipinski definition) is 1. The van der Waals surface area contributed by atoms with Crippen LogP contribution < -0.4 is 10.1 Å². The zero-order valence-electron chi connectivity index (χ0n) is 18.7. The van der Waals surface area contributed by atoms with Crippen LogP contribution in [0.2, 0.25) is 0 Å². The number of thioether (sulfide) groups is 1. The summed E-state index contributed by atoms with van der Waals surface area (Å²) in [5, 5.41) is 7.67. The maximum absolute atomic E-state index is 12.8. The van der Waals surface area contributed by atoms with Crippen molar-refractivity contribution in [1.82, 2.24) is 10.2 Å². The number of esters is 1. The molecule has 2 aliphatic heterocycles. The zero-order valence-corrected chi connectivity index (χ0v) is 20.3. The molecule has 1 aromatic heterocycles. The first-order valence-electron chi connectivity index (χ1n) is 10.5. The monoisotopic (exact) mass is 483 g/mol. The van der Waals surface area contributed by atoms with Gasteiger partial charge in [0.25, 0.3) is 0 Å². The van der Waals surface area contributed by atoms with Crippen molar-refractivity contribution in [2.24, 2.45) is 4.99 Å². The van der Waals surface area contributed by atoms with Gasteiger partial charge in [-0.15, -0.1) is 11.3 Å². The number of thiophene rings is 1. The van der Waals surface area contributed by atoms with E-state index in [-0.39, 0.29) is 12.3 Å². The second kappa shape index (κ2) is 10.3. The summed E-state index contributed by atoms with van der Waals surface area (Å²) < 4.78 is 10.7. The zero-order chi connectivity index (χ0) is 23.4. The highest BCUT2D eigenvalue weighted by Crippen LogP contribution is 2.46. The molecule has 0 spiro atoms. The molecule has 1 amide bonds. The number of amides is 1. The molecule has 7 nitrogen and oxygen atoms in total. The quantitative estimate of drug-likeness (QED) is 0.566. The Balaban J connectivity index is 1.60. The predicted molar refractivity (Wildman–Crippen MR) is 131 cm³/mol. The molecular formula is C24H25N3O4S2. The van der Waals surface area contributed by atoms with E-state index in [9.17, 15) is 9.59 Å². The van der Waals surface area contributed by atoms with Gasteiger partial charge in [0, 0.05) is 22.7 Å². The van der Waals surface area contributed by atoms with Crippen LogP contribution in [0.15, 0.2) is 69.1 Å². The standard InChI is InChI=1S/C24H25N3O4S2/c1-15-21(23(29)31-3)22(18-8-4-5-9-19(18)30-2)27-16(14-33-24(27)26-15)13-20(28)25-11-10-17-7-6-12-32-17/h4-9,12,14,22H,10-11,13H2,1-3H3,(H,25,28)/t22-/m1/s1. The molecule has 0 radical (unpaired) electrons. The molecule has 1 N–H and O–H groups in total. The lowest BCUT2D eigenvalue weighted by Crippen LogP contribution is -2.38. The SMILES string of the molecule is COC(=O)C1=C(C)N=C2SC=C(CC(=O)NCCc3cccs3)N2[C@@H]1c1ccccc1OC. The van der Waals surface area contributed by atoms with Crippen molar-refractivity contribution < 1.29 is 19.1 Å². The number of carbonyl (C=O) groups excluding carboxylic acids is 2. The van der Waals surface area contributed by atoms with Crippen LogP contribution in [-0.2, 0) is 20.7 Å². The van der Waals surface area contributed by atoms with Crippen LogP contribution in [0.5, 0.6) is 5.75 Å². The van der Waals surface area contributed by atoms with Gasteiger partial charge < -0.3 is 19.7 Å². The third-order valence-corrected chi connectivity index (χ3v) is 7.28. The van der Waals surface area contributed by atoms with E-state index >= 15 is 0 Å². The molecule has 0 saturated heterocycles. The first kappa shape index (κ1) is 23.1. The summed E-state index contributed by atoms with van der Waals surface area (Å²) in [7, 11) is 2.96. The van der Waals surface area contributed by atoms with E-state index in [0.29, 0.717) is 23.6 Å². The average Bonchev–Trinajstić information content (AvgIpc) is 3.48. The van der Waals surface area contributed by atoms with Gasteiger partial charge in [-0.2, -0.15) is 0 Å². The van der Waals surface area contributed by atoms with E-state index in [1.807, 2.05) is 46.0 Å². The van der Waals surface area contributed by atoms with Crippen molar-refractivity contribution in [3.63, 3.8) is 0 Å². The Hall–Kier alpha value is -3.04. The van der Waals surface area contributed by atoms with E-state index in [1.54, 1.807) is 25.4 Å². The highest BCUT2D eigenvalue weighted by molar-refractivity contribution is 8.16. The molecular weight excluding hydrogens is 458 g/mol. The minimum Gasteiger partial charge on any atom is -0.496 e. The summed E-state index contributed by atoms with van der Waals surface area (Å²) >= 11 is 3.12. The second-order valence-corrected chi connectivity index (χ2v) is 9.35. The molecule has 1 atom stereocenters. The molecule has 0 aliphatic carbocycles. The van der Waals surface area contributed by atoms with Gasteiger partial charge in [0.05, 0.1) is 38.0 Å². The number of ether oxygens (including phenoxy) is 2. The lowest BCUT2D eigenvalue weighted by Gasteiger charge is -2.36. The smallest absolute Gasteiger partial charge is 0.338 e. The fraction of sp³-hybridized carbons (Fsp3) is 0.292. The van der Waals surface area contributed by atoms with Gasteiger partial charge in [0.1, 0.15) is 5.75 Å². The Kier molecular flexibility index (Phi) is 7.20. The molecule has 2 aliphatic rings. The first-order valence-corrected chi connectivity index (χ1v) is 12.2. The molecule has 33 heavy (non-hydrogen) atoms. The van der Waals surface area contributed by atoms with E-state index in [0.717, 1.165) is 22.8 Å². The minimum atomic E-state index is -0.513. The number of fused-ring (bicyclic) bond motifs is 1. The van der Waals surface area contributed by atoms with Crippen molar-refractivity contribution in [1.29, 1.82) is 0 Å². The Bertz CT molecular complexity index is 1140. The van der Waals surface area contributed by atoms with Crippen LogP contribution in [0.1, 0.15) is 29.8 Å². The number of nitrogens with zero attached hydrogens (tertiary/aromatic N) is 2. The number of allylic oxidation sites excluding steroid dienone is 1. The number of amidine groups is 1. The van der Waals surface area contributed by atoms with Gasteiger partial charge in [-0.05, 0) is 36.3 Å². The lowest BCUT2D eigenvalue weighted by molar-refractivity contribution is -0.136. The van der Waals surface area contributed by atoms with Crippen LogP contribution in [0, 0.1) is 0 Å². The molecule has 1 aromatic carbocycles. The number of methoxy groups -OCH3 is 2. The number of aliphatic imine (C=N–C) groups is 1. The topological polar surface area (TPSA) is 80.2 Å². The fourth-order valence-electron chi connectivity index (χ4n) is 3.93. The molecule has 0 saturated carbocycles. The normalized spacial score (nSPS) is 17.3. The maximum Gasteiger partial charge on any atom is 0.338 e. The molecule has 2 aromatic rings. The lowest BCUT2D eigenvalue weighted by atomic mass is 9.93. The molecule has 0 unspecified atom stereocenters. The van der Waals surface area contributed by atoms with Crippen molar-refractivity contribution in [3.8, 4) is 5.75 Å². The van der Waals surface area contributed by atoms with Gasteiger partial charge in [0.15, 0.2) is 5.17 Å². The number of para-hydroxylation sites is 1. The molecule has 4 rings (SSSR count). The van der Waals surface area contributed by atoms with Crippen LogP contribution in [0.25, 0.3) is 0 Å². The van der Waals surface area contributed by atoms with Crippen molar-refractivity contribution in [3.05, 3.63) is 74.6 Å². The van der Waals surface area contributed by atoms with E-state index < -0.39 is 12.0 Å². The average molecular weight is 484 g/mol. The number of carbonyl (C=O) groups is 2. The Morgan fingerprint density at radius 2 is 2.00 bits per heavy atom. The van der Waals surface area contributed by atoms with Crippen molar-refractivity contribution in [2.75, 3.05) is 20.8 Å². The van der Waals surface area contributed by atoms with Gasteiger partial charge >= 0.3 is 5.97 Å². The molecule has 172 valence electrons. The summed E-state index contributed by atoms with van der Waals surface area (Å²) in [4.78, 5) is 33.4. The Labute approximate surface area is 201 Å². The van der Waals surface area contributed by atoms with Gasteiger partial charge in [-0.3, -0.25) is 4.79 Å². The highest BCUT2D eigenvalue weighted by atomic mass is 32.2. The Morgan fingerprint density at radius 1 is 1.18 bits per heavy atom. The number of nitrogens with one attached hydrogen (secondary N) is 1. The predicted octanol–water partition coefficient (Wildman–Crippen LogP) is 4.25. The van der Waals surface area contributed by atoms with Crippen LogP contribution >= 0.6 is 23.1 Å². The second-order valence-electron chi connectivity index (χ2n) is 7.48. The summed E-state index contributed by atoms with van der Waals surface area (Å²) in [5.41, 5.74) is 2.60. The third-order valence-electron chi connectivity index (χ3n) is 5.45. The molecule has 9 heteroatoms. The number of rotatable bonds is 8. The highest BCUT2D eigenvalue weighted by Gasteiger charge is 2.42. The first-order chi connectivity index (χ1) is 16.0. The van der Waals surface area contributed by atoms with Crippen molar-refractivity contribution >= 4 is 40.1 Å². The van der Waals surface area contributed by atoms with Crippen LogP contribution in [-0.4, -0.2) is 42.7 Å². The molecule has 0 bridgehead atoms. The van der Waals surface area contributed by atoms with Crippen LogP contribution in [0.4, 0.5) is 0 Å². The molecule has 0 fully saturated rings. The maximum atomic E-state index is 12.8. The molecule has 3 heterocycles. The van der Waals surface area contributed by atoms with E-state index in [1.165, 1.54) is 23.7 Å². The minimum absolute atomic E-state index is 0.0793.